The second kappa shape index (κ2) is 3.54. The van der Waals surface area contributed by atoms with E-state index in [0.29, 0.717) is 16.4 Å². The van der Waals surface area contributed by atoms with Crippen LogP contribution in [0.2, 0.25) is 5.02 Å². The normalized spacial score (nSPS) is 11.8. The van der Waals surface area contributed by atoms with Gasteiger partial charge in [-0.3, -0.25) is 4.98 Å². The summed E-state index contributed by atoms with van der Waals surface area (Å²) in [7, 11) is 0. The Morgan fingerprint density at radius 2 is 2.25 bits per heavy atom. The second-order valence-corrected chi connectivity index (χ2v) is 2.93. The quantitative estimate of drug-likeness (QED) is 0.413. The van der Waals surface area contributed by atoms with E-state index in [2.05, 4.69) is 10.1 Å². The van der Waals surface area contributed by atoms with E-state index in [4.69, 9.17) is 16.8 Å². The minimum atomic E-state index is 0.459. The number of hydrogen-bond acceptors (Lipinski definition) is 3. The van der Waals surface area contributed by atoms with E-state index >= 15 is 0 Å². The lowest BCUT2D eigenvalue weighted by Crippen LogP contribution is -1.99. The zero-order valence-corrected chi connectivity index (χ0v) is 7.63. The van der Waals surface area contributed by atoms with Crippen LogP contribution < -0.4 is 0 Å². The number of pyridine rings is 1. The average Bonchev–Trinajstić information content (AvgIpc) is 2.01. The monoisotopic (exact) mass is 184 g/mol. The summed E-state index contributed by atoms with van der Waals surface area (Å²) in [5.41, 5.74) is 1.86. The van der Waals surface area contributed by atoms with E-state index in [-0.39, 0.29) is 0 Å². The van der Waals surface area contributed by atoms with Crippen LogP contribution in [0.25, 0.3) is 0 Å². The van der Waals surface area contributed by atoms with Gasteiger partial charge < -0.3 is 5.21 Å². The lowest BCUT2D eigenvalue weighted by molar-refractivity contribution is 0.319. The first-order chi connectivity index (χ1) is 5.63. The summed E-state index contributed by atoms with van der Waals surface area (Å²) in [6.45, 7) is 3.50. The fourth-order valence-corrected chi connectivity index (χ4v) is 1.12. The predicted octanol–water partition coefficient (Wildman–Crippen LogP) is 2.24. The van der Waals surface area contributed by atoms with Gasteiger partial charge in [-0.1, -0.05) is 16.8 Å². The minimum absolute atomic E-state index is 0.459. The number of oxime groups is 1. The van der Waals surface area contributed by atoms with Gasteiger partial charge in [-0.15, -0.1) is 0 Å². The molecule has 0 fully saturated rings. The summed E-state index contributed by atoms with van der Waals surface area (Å²) < 4.78 is 0. The van der Waals surface area contributed by atoms with Gasteiger partial charge in [-0.2, -0.15) is 0 Å². The van der Waals surface area contributed by atoms with Crippen molar-refractivity contribution in [2.24, 2.45) is 5.16 Å². The van der Waals surface area contributed by atoms with Gasteiger partial charge in [0.2, 0.25) is 0 Å². The number of hydrogen-bond donors (Lipinski definition) is 1. The highest BCUT2D eigenvalue weighted by Crippen LogP contribution is 2.11. The number of halogens is 1. The smallest absolute Gasteiger partial charge is 0.102 e. The van der Waals surface area contributed by atoms with Crippen LogP contribution in [0, 0.1) is 6.92 Å². The Balaban J connectivity index is 3.17. The molecule has 1 rings (SSSR count). The molecule has 1 N–H and O–H groups in total. The Bertz CT molecular complexity index is 303. The molecule has 0 aliphatic carbocycles. The fourth-order valence-electron chi connectivity index (χ4n) is 0.863. The Hall–Kier alpha value is -1.09. The molecule has 0 aliphatic heterocycles. The van der Waals surface area contributed by atoms with Crippen LogP contribution in [0.4, 0.5) is 0 Å². The van der Waals surface area contributed by atoms with Crippen molar-refractivity contribution in [3.63, 3.8) is 0 Å². The van der Waals surface area contributed by atoms with Crippen LogP contribution in [-0.4, -0.2) is 15.9 Å². The van der Waals surface area contributed by atoms with Gasteiger partial charge in [0.1, 0.15) is 5.71 Å². The van der Waals surface area contributed by atoms with Gasteiger partial charge in [0, 0.05) is 10.7 Å². The van der Waals surface area contributed by atoms with E-state index in [1.807, 2.05) is 6.92 Å². The van der Waals surface area contributed by atoms with E-state index < -0.39 is 0 Å². The number of aryl methyl sites for hydroxylation is 1. The third-order valence-corrected chi connectivity index (χ3v) is 1.66. The molecule has 0 aliphatic rings. The predicted molar refractivity (Wildman–Crippen MR) is 48.0 cm³/mol. The first-order valence-corrected chi connectivity index (χ1v) is 3.84. The molecule has 0 unspecified atom stereocenters. The van der Waals surface area contributed by atoms with Crippen LogP contribution in [0.15, 0.2) is 17.3 Å². The second-order valence-electron chi connectivity index (χ2n) is 2.50. The van der Waals surface area contributed by atoms with Crippen LogP contribution in [0.5, 0.6) is 0 Å². The van der Waals surface area contributed by atoms with Gasteiger partial charge in [-0.05, 0) is 26.0 Å². The first kappa shape index (κ1) is 9.00. The van der Waals surface area contributed by atoms with Crippen LogP contribution in [0.1, 0.15) is 18.3 Å². The van der Waals surface area contributed by atoms with Crippen LogP contribution >= 0.6 is 11.6 Å². The highest BCUT2D eigenvalue weighted by molar-refractivity contribution is 6.31. The fraction of sp³-hybridized carbons (Fsp3) is 0.250. The number of aromatic nitrogens is 1. The van der Waals surface area contributed by atoms with E-state index in [0.717, 1.165) is 5.69 Å². The maximum atomic E-state index is 8.47. The van der Waals surface area contributed by atoms with Gasteiger partial charge >= 0.3 is 0 Å². The maximum absolute atomic E-state index is 8.47. The van der Waals surface area contributed by atoms with Crippen LogP contribution in [0.3, 0.4) is 0 Å². The molecule has 4 heteroatoms. The van der Waals surface area contributed by atoms with Gasteiger partial charge in [-0.25, -0.2) is 0 Å². The molecule has 1 aromatic rings. The standard InChI is InChI=1S/C8H9ClN2O/c1-5-3-7(9)4-8(10-5)6(2)11-12/h3-4,12H,1-2H3. The van der Waals surface area contributed by atoms with Crippen molar-refractivity contribution in [3.8, 4) is 0 Å². The SMILES string of the molecule is CC(=NO)c1cc(Cl)cc(C)n1. The summed E-state index contributed by atoms with van der Waals surface area (Å²) in [6, 6.07) is 3.40. The lowest BCUT2D eigenvalue weighted by atomic mass is 10.2. The molecule has 0 saturated carbocycles. The van der Waals surface area contributed by atoms with Crippen molar-refractivity contribution in [2.75, 3.05) is 0 Å². The summed E-state index contributed by atoms with van der Waals surface area (Å²) in [5.74, 6) is 0. The Morgan fingerprint density at radius 1 is 1.58 bits per heavy atom. The highest BCUT2D eigenvalue weighted by Gasteiger charge is 2.01. The third-order valence-electron chi connectivity index (χ3n) is 1.44. The number of nitrogens with zero attached hydrogens (tertiary/aromatic N) is 2. The summed E-state index contributed by atoms with van der Waals surface area (Å²) >= 11 is 5.77. The van der Waals surface area contributed by atoms with Crippen molar-refractivity contribution in [3.05, 3.63) is 28.5 Å². The Morgan fingerprint density at radius 3 is 2.75 bits per heavy atom. The van der Waals surface area contributed by atoms with E-state index in [1.54, 1.807) is 19.1 Å². The molecule has 0 saturated heterocycles. The molecule has 1 heterocycles. The molecule has 64 valence electrons. The molecule has 3 nitrogen and oxygen atoms in total. The van der Waals surface area contributed by atoms with Gasteiger partial charge in [0.15, 0.2) is 0 Å². The van der Waals surface area contributed by atoms with Gasteiger partial charge in [0.05, 0.1) is 5.69 Å². The molecule has 0 spiro atoms. The van der Waals surface area contributed by atoms with Gasteiger partial charge in [0.25, 0.3) is 0 Å². The third kappa shape index (κ3) is 1.95. The Kier molecular flexibility index (Phi) is 2.65. The molecule has 0 aromatic carbocycles. The topological polar surface area (TPSA) is 45.5 Å². The van der Waals surface area contributed by atoms with Crippen molar-refractivity contribution in [2.45, 2.75) is 13.8 Å². The van der Waals surface area contributed by atoms with Crippen molar-refractivity contribution < 1.29 is 5.21 Å². The van der Waals surface area contributed by atoms with E-state index in [9.17, 15) is 0 Å². The van der Waals surface area contributed by atoms with Crippen molar-refractivity contribution in [1.82, 2.24) is 4.98 Å². The zero-order chi connectivity index (χ0) is 9.14. The largest absolute Gasteiger partial charge is 0.411 e. The minimum Gasteiger partial charge on any atom is -0.411 e. The Labute approximate surface area is 75.7 Å². The summed E-state index contributed by atoms with van der Waals surface area (Å²) in [6.07, 6.45) is 0. The zero-order valence-electron chi connectivity index (χ0n) is 6.87. The average molecular weight is 185 g/mol. The molecule has 1 aromatic heterocycles. The molecular weight excluding hydrogens is 176 g/mol. The lowest BCUT2D eigenvalue weighted by Gasteiger charge is -1.99. The summed E-state index contributed by atoms with van der Waals surface area (Å²) in [4.78, 5) is 4.13. The number of rotatable bonds is 1. The first-order valence-electron chi connectivity index (χ1n) is 3.46. The molecular formula is C8H9ClN2O. The van der Waals surface area contributed by atoms with Crippen molar-refractivity contribution in [1.29, 1.82) is 0 Å². The molecule has 0 radical (unpaired) electrons. The highest BCUT2D eigenvalue weighted by atomic mass is 35.5. The van der Waals surface area contributed by atoms with Crippen LogP contribution in [-0.2, 0) is 0 Å². The maximum Gasteiger partial charge on any atom is 0.102 e. The molecule has 12 heavy (non-hydrogen) atoms. The molecule has 0 amide bonds. The van der Waals surface area contributed by atoms with E-state index in [1.165, 1.54) is 0 Å². The summed E-state index contributed by atoms with van der Waals surface area (Å²) in [5, 5.41) is 12.1. The molecule has 0 bridgehead atoms. The molecule has 0 atom stereocenters. The van der Waals surface area contributed by atoms with Crippen molar-refractivity contribution >= 4 is 17.3 Å².